The van der Waals surface area contributed by atoms with Crippen LogP contribution in [0.3, 0.4) is 0 Å². The van der Waals surface area contributed by atoms with Gasteiger partial charge in [-0.1, -0.05) is 143 Å². The molecule has 1 aromatic carbocycles. The molecule has 0 aliphatic carbocycles. The number of ether oxygens (including phenoxy) is 2. The van der Waals surface area contributed by atoms with E-state index in [1.807, 2.05) is 0 Å². The second kappa shape index (κ2) is 24.4. The summed E-state index contributed by atoms with van der Waals surface area (Å²) >= 11 is 22.7. The molecule has 0 bridgehead atoms. The zero-order chi connectivity index (χ0) is 32.7. The van der Waals surface area contributed by atoms with Gasteiger partial charge in [-0.05, 0) is 24.1 Å². The van der Waals surface area contributed by atoms with Gasteiger partial charge in [0.15, 0.2) is 10.9 Å². The van der Waals surface area contributed by atoms with Crippen molar-refractivity contribution in [3.8, 4) is 0 Å². The van der Waals surface area contributed by atoms with Crippen molar-refractivity contribution in [1.29, 1.82) is 0 Å². The van der Waals surface area contributed by atoms with Crippen LogP contribution in [0.2, 0.25) is 0 Å². The topological polar surface area (TPSA) is 125 Å². The Morgan fingerprint density at radius 2 is 1.25 bits per heavy atom. The molecule has 1 aromatic rings. The number of rotatable bonds is 25. The molecule has 1 amide bonds. The van der Waals surface area contributed by atoms with Crippen molar-refractivity contribution < 1.29 is 28.8 Å². The number of alkyl halides is 4. The number of hydrogen-bond acceptors (Lipinski definition) is 7. The van der Waals surface area contributed by atoms with E-state index in [2.05, 4.69) is 12.2 Å². The number of esters is 2. The molecule has 44 heavy (non-hydrogen) atoms. The van der Waals surface area contributed by atoms with Gasteiger partial charge in [0, 0.05) is 18.6 Å². The Morgan fingerprint density at radius 1 is 0.773 bits per heavy atom. The third kappa shape index (κ3) is 18.2. The van der Waals surface area contributed by atoms with Crippen LogP contribution in [0.4, 0.5) is 5.69 Å². The van der Waals surface area contributed by atoms with Crippen molar-refractivity contribution in [2.45, 2.75) is 131 Å². The van der Waals surface area contributed by atoms with E-state index in [1.165, 1.54) is 94.9 Å². The lowest BCUT2D eigenvalue weighted by Gasteiger charge is -2.28. The first-order chi connectivity index (χ1) is 21.1. The molecular weight excluding hydrogens is 654 g/mol. The van der Waals surface area contributed by atoms with Crippen LogP contribution >= 0.6 is 46.4 Å². The van der Waals surface area contributed by atoms with E-state index in [9.17, 15) is 24.5 Å². The maximum absolute atomic E-state index is 12.5. The molecule has 0 saturated carbocycles. The van der Waals surface area contributed by atoms with Gasteiger partial charge >= 0.3 is 11.9 Å². The molecule has 0 spiro atoms. The summed E-state index contributed by atoms with van der Waals surface area (Å²) < 4.78 is 10.8. The second-order valence-corrected chi connectivity index (χ2v) is 13.0. The van der Waals surface area contributed by atoms with Gasteiger partial charge in [0.05, 0.1) is 4.92 Å². The fourth-order valence-corrected chi connectivity index (χ4v) is 4.92. The SMILES string of the molecule is CCCCCCCCCCCCCCCCCC(=O)OC[C@@H](NC(=O)C(Cl)Cl)[C@H](OC(=O)C(Cl)Cl)c1ccc([N+](=O)[O-])cc1. The highest BCUT2D eigenvalue weighted by Crippen LogP contribution is 2.27. The summed E-state index contributed by atoms with van der Waals surface area (Å²) in [4.78, 5) is 44.6. The number of nitrogens with zero attached hydrogens (tertiary/aromatic N) is 1. The van der Waals surface area contributed by atoms with Crippen LogP contribution in [0.5, 0.6) is 0 Å². The van der Waals surface area contributed by atoms with Crippen LogP contribution in [0, 0.1) is 10.1 Å². The smallest absolute Gasteiger partial charge is 0.340 e. The lowest BCUT2D eigenvalue weighted by atomic mass is 10.0. The molecule has 1 rings (SSSR count). The summed E-state index contributed by atoms with van der Waals surface area (Å²) in [6, 6.07) is 3.92. The quantitative estimate of drug-likeness (QED) is 0.0355. The molecule has 0 unspecified atom stereocenters. The number of benzene rings is 1. The van der Waals surface area contributed by atoms with Crippen molar-refractivity contribution in [1.82, 2.24) is 5.32 Å². The van der Waals surface area contributed by atoms with Crippen LogP contribution in [0.25, 0.3) is 0 Å². The summed E-state index contributed by atoms with van der Waals surface area (Å²) in [5, 5.41) is 13.6. The Morgan fingerprint density at radius 3 is 1.68 bits per heavy atom. The zero-order valence-electron chi connectivity index (χ0n) is 25.5. The minimum atomic E-state index is -1.55. The number of nitrogens with one attached hydrogen (secondary N) is 1. The number of nitro benzene ring substituents is 1. The van der Waals surface area contributed by atoms with Crippen molar-refractivity contribution >= 4 is 69.9 Å². The number of unbranched alkanes of at least 4 members (excludes halogenated alkanes) is 14. The summed E-state index contributed by atoms with van der Waals surface area (Å²) in [6.45, 7) is 1.84. The number of amides is 1. The highest BCUT2D eigenvalue weighted by molar-refractivity contribution is 6.53. The van der Waals surface area contributed by atoms with Crippen molar-refractivity contribution in [3.63, 3.8) is 0 Å². The van der Waals surface area contributed by atoms with Gasteiger partial charge in [-0.25, -0.2) is 4.79 Å². The average molecular weight is 701 g/mol. The molecule has 2 atom stereocenters. The zero-order valence-corrected chi connectivity index (χ0v) is 28.5. The first-order valence-corrected chi connectivity index (χ1v) is 17.3. The Hall–Kier alpha value is -1.81. The molecule has 0 aliphatic rings. The maximum atomic E-state index is 12.5. The van der Waals surface area contributed by atoms with Crippen LogP contribution in [-0.2, 0) is 23.9 Å². The van der Waals surface area contributed by atoms with Crippen molar-refractivity contribution in [2.24, 2.45) is 0 Å². The first-order valence-electron chi connectivity index (χ1n) is 15.5. The van der Waals surface area contributed by atoms with E-state index in [0.717, 1.165) is 19.3 Å². The number of non-ortho nitro benzene ring substituents is 1. The Balaban J connectivity index is 2.53. The fourth-order valence-electron chi connectivity index (χ4n) is 4.69. The van der Waals surface area contributed by atoms with E-state index in [4.69, 9.17) is 55.9 Å². The Kier molecular flexibility index (Phi) is 22.3. The lowest BCUT2D eigenvalue weighted by Crippen LogP contribution is -2.46. The minimum absolute atomic E-state index is 0.181. The molecule has 0 saturated heterocycles. The van der Waals surface area contributed by atoms with Gasteiger partial charge < -0.3 is 14.8 Å². The van der Waals surface area contributed by atoms with Crippen LogP contribution in [-0.4, -0.2) is 45.1 Å². The van der Waals surface area contributed by atoms with Crippen LogP contribution < -0.4 is 5.32 Å². The van der Waals surface area contributed by atoms with E-state index < -0.39 is 51.2 Å². The van der Waals surface area contributed by atoms with Gasteiger partial charge in [-0.15, -0.1) is 0 Å². The molecule has 0 radical (unpaired) electrons. The lowest BCUT2D eigenvalue weighted by molar-refractivity contribution is -0.384. The van der Waals surface area contributed by atoms with E-state index in [-0.39, 0.29) is 17.7 Å². The predicted molar refractivity (Wildman–Crippen MR) is 175 cm³/mol. The number of halogens is 4. The standard InChI is InChI=1S/C31H46Cl4N2O7/c1-2-3-4-5-6-7-8-9-10-11-12-13-14-15-16-17-26(38)43-22-25(36-30(39)28(32)33)27(44-31(40)29(34)35)23-18-20-24(21-19-23)37(41)42/h18-21,25,27-29H,2-17,22H2,1H3,(H,36,39)/t25-,27-/m1/s1. The molecular formula is C31H46Cl4N2O7. The van der Waals surface area contributed by atoms with Crippen molar-refractivity contribution in [2.75, 3.05) is 6.61 Å². The van der Waals surface area contributed by atoms with E-state index in [0.29, 0.717) is 6.42 Å². The molecule has 0 aromatic heterocycles. The number of carbonyl (C=O) groups is 3. The average Bonchev–Trinajstić information content (AvgIpc) is 2.99. The number of carbonyl (C=O) groups excluding carboxylic acids is 3. The maximum Gasteiger partial charge on any atom is 0.340 e. The van der Waals surface area contributed by atoms with Gasteiger partial charge in [0.25, 0.3) is 11.6 Å². The van der Waals surface area contributed by atoms with Gasteiger partial charge in [0.1, 0.15) is 12.6 Å². The molecule has 13 heteroatoms. The van der Waals surface area contributed by atoms with Crippen LogP contribution in [0.1, 0.15) is 121 Å². The second-order valence-electron chi connectivity index (χ2n) is 10.8. The van der Waals surface area contributed by atoms with E-state index >= 15 is 0 Å². The first kappa shape index (κ1) is 40.2. The Labute approximate surface area is 281 Å². The Bertz CT molecular complexity index is 980. The number of nitro groups is 1. The summed E-state index contributed by atoms with van der Waals surface area (Å²) in [5.41, 5.74) is 0.0471. The fraction of sp³-hybridized carbons (Fsp3) is 0.710. The summed E-state index contributed by atoms with van der Waals surface area (Å²) in [6.07, 6.45) is 17.0. The molecule has 0 aliphatic heterocycles. The van der Waals surface area contributed by atoms with Gasteiger partial charge in [-0.3, -0.25) is 19.7 Å². The number of hydrogen-bond donors (Lipinski definition) is 1. The van der Waals surface area contributed by atoms with E-state index in [1.54, 1.807) is 0 Å². The third-order valence-electron chi connectivity index (χ3n) is 7.15. The largest absolute Gasteiger partial charge is 0.463 e. The third-order valence-corrected chi connectivity index (χ3v) is 7.91. The minimum Gasteiger partial charge on any atom is -0.463 e. The molecule has 9 nitrogen and oxygen atoms in total. The van der Waals surface area contributed by atoms with Gasteiger partial charge in [0.2, 0.25) is 4.84 Å². The normalized spacial score (nSPS) is 12.6. The molecule has 250 valence electrons. The molecule has 0 fully saturated rings. The van der Waals surface area contributed by atoms with Gasteiger partial charge in [-0.2, -0.15) is 0 Å². The van der Waals surface area contributed by atoms with Crippen LogP contribution in [0.15, 0.2) is 24.3 Å². The highest BCUT2D eigenvalue weighted by atomic mass is 35.5. The molecule has 1 N–H and O–H groups in total. The predicted octanol–water partition coefficient (Wildman–Crippen LogP) is 9.08. The summed E-state index contributed by atoms with van der Waals surface area (Å²) in [5.74, 6) is -2.35. The monoisotopic (exact) mass is 698 g/mol. The summed E-state index contributed by atoms with van der Waals surface area (Å²) in [7, 11) is 0. The van der Waals surface area contributed by atoms with Crippen molar-refractivity contribution in [3.05, 3.63) is 39.9 Å². The molecule has 0 heterocycles. The highest BCUT2D eigenvalue weighted by Gasteiger charge is 2.33.